The first-order valence-electron chi connectivity index (χ1n) is 7.37. The molecular weight excluding hydrogens is 278 g/mol. The minimum atomic E-state index is -0.384. The van der Waals surface area contributed by atoms with Crippen molar-refractivity contribution in [2.75, 3.05) is 12.8 Å². The molecule has 116 valence electrons. The quantitative estimate of drug-likeness (QED) is 0.651. The molecule has 3 N–H and O–H groups in total. The van der Waals surface area contributed by atoms with Crippen molar-refractivity contribution in [1.82, 2.24) is 0 Å². The predicted octanol–water partition coefficient (Wildman–Crippen LogP) is 3.77. The summed E-state index contributed by atoms with van der Waals surface area (Å²) >= 11 is 0. The maximum Gasteiger partial charge on any atom is 0.337 e. The fourth-order valence-electron chi connectivity index (χ4n) is 2.40. The Morgan fingerprint density at radius 3 is 2.73 bits per heavy atom. The molecule has 2 aromatic rings. The molecule has 0 atom stereocenters. The lowest BCUT2D eigenvalue weighted by atomic mass is 9.97. The van der Waals surface area contributed by atoms with E-state index >= 15 is 0 Å². The highest BCUT2D eigenvalue weighted by atomic mass is 16.5. The van der Waals surface area contributed by atoms with Crippen LogP contribution in [0.25, 0.3) is 11.1 Å². The normalized spacial score (nSPS) is 10.5. The second-order valence-corrected chi connectivity index (χ2v) is 5.24. The second kappa shape index (κ2) is 6.98. The lowest BCUT2D eigenvalue weighted by Gasteiger charge is -2.12. The van der Waals surface area contributed by atoms with E-state index in [0.29, 0.717) is 11.3 Å². The fourth-order valence-corrected chi connectivity index (χ4v) is 2.40. The molecule has 22 heavy (non-hydrogen) atoms. The van der Waals surface area contributed by atoms with Crippen molar-refractivity contribution in [3.63, 3.8) is 0 Å². The zero-order chi connectivity index (χ0) is 16.1. The van der Waals surface area contributed by atoms with Crippen LogP contribution in [0, 0.1) is 0 Å². The summed E-state index contributed by atoms with van der Waals surface area (Å²) in [6.07, 6.45) is 2.85. The molecule has 0 fully saturated rings. The number of nitrogen functional groups attached to an aromatic ring is 1. The van der Waals surface area contributed by atoms with Crippen LogP contribution >= 0.6 is 0 Å². The molecule has 0 spiro atoms. The fraction of sp³-hybridized carbons (Fsp3) is 0.278. The van der Waals surface area contributed by atoms with Crippen molar-refractivity contribution in [3.05, 3.63) is 47.5 Å². The molecule has 0 radical (unpaired) electrons. The topological polar surface area (TPSA) is 72.5 Å². The molecule has 0 heterocycles. The highest BCUT2D eigenvalue weighted by Gasteiger charge is 2.11. The number of nitrogens with two attached hydrogens (primary N) is 1. The van der Waals surface area contributed by atoms with E-state index in [0.717, 1.165) is 36.0 Å². The van der Waals surface area contributed by atoms with Crippen LogP contribution in [0.2, 0.25) is 0 Å². The lowest BCUT2D eigenvalue weighted by Crippen LogP contribution is -2.01. The number of carbonyl (C=O) groups is 1. The number of unbranched alkanes of at least 4 members (excludes halogenated alkanes) is 1. The van der Waals surface area contributed by atoms with E-state index in [1.165, 1.54) is 7.11 Å². The Balaban J connectivity index is 2.45. The summed E-state index contributed by atoms with van der Waals surface area (Å²) < 4.78 is 4.74. The number of esters is 1. The van der Waals surface area contributed by atoms with E-state index < -0.39 is 0 Å². The van der Waals surface area contributed by atoms with Crippen LogP contribution in [0.1, 0.15) is 35.7 Å². The van der Waals surface area contributed by atoms with Gasteiger partial charge in [0.25, 0.3) is 0 Å². The number of phenolic OH excluding ortho intramolecular Hbond substituents is 1. The number of aryl methyl sites for hydroxylation is 1. The maximum absolute atomic E-state index is 11.7. The maximum atomic E-state index is 11.7. The Kier molecular flexibility index (Phi) is 5.04. The molecule has 0 amide bonds. The van der Waals surface area contributed by atoms with Crippen molar-refractivity contribution < 1.29 is 14.6 Å². The van der Waals surface area contributed by atoms with Crippen LogP contribution in [0.15, 0.2) is 36.4 Å². The Hall–Kier alpha value is -2.49. The van der Waals surface area contributed by atoms with Gasteiger partial charge in [-0.2, -0.15) is 0 Å². The van der Waals surface area contributed by atoms with E-state index in [1.807, 2.05) is 12.1 Å². The molecule has 0 saturated carbocycles. The Labute approximate surface area is 130 Å². The number of methoxy groups -OCH3 is 1. The zero-order valence-electron chi connectivity index (χ0n) is 12.9. The number of ether oxygens (including phenoxy) is 1. The summed E-state index contributed by atoms with van der Waals surface area (Å²) in [7, 11) is 1.35. The Morgan fingerprint density at radius 1 is 1.27 bits per heavy atom. The molecule has 0 bridgehead atoms. The van der Waals surface area contributed by atoms with E-state index in [4.69, 9.17) is 10.5 Å². The monoisotopic (exact) mass is 299 g/mol. The first kappa shape index (κ1) is 15.9. The van der Waals surface area contributed by atoms with Gasteiger partial charge < -0.3 is 15.6 Å². The van der Waals surface area contributed by atoms with Gasteiger partial charge in [0, 0.05) is 17.3 Å². The van der Waals surface area contributed by atoms with Gasteiger partial charge in [0.05, 0.1) is 12.7 Å². The van der Waals surface area contributed by atoms with Gasteiger partial charge >= 0.3 is 5.97 Å². The van der Waals surface area contributed by atoms with E-state index in [2.05, 4.69) is 6.92 Å². The first-order valence-corrected chi connectivity index (χ1v) is 7.37. The molecule has 0 unspecified atom stereocenters. The third-order valence-electron chi connectivity index (χ3n) is 3.65. The van der Waals surface area contributed by atoms with Crippen molar-refractivity contribution in [3.8, 4) is 16.9 Å². The standard InChI is InChI=1S/C18H21NO3/c1-3-4-6-13-10-15(16(19)11-17(13)20)12-7-5-8-14(9-12)18(21)22-2/h5,7-11,20H,3-4,6,19H2,1-2H3. The number of benzene rings is 2. The van der Waals surface area contributed by atoms with Crippen molar-refractivity contribution in [2.45, 2.75) is 26.2 Å². The average Bonchev–Trinajstić information content (AvgIpc) is 2.53. The highest BCUT2D eigenvalue weighted by Crippen LogP contribution is 2.33. The van der Waals surface area contributed by atoms with Crippen LogP contribution < -0.4 is 5.73 Å². The van der Waals surface area contributed by atoms with Crippen LogP contribution in [-0.4, -0.2) is 18.2 Å². The largest absolute Gasteiger partial charge is 0.508 e. The van der Waals surface area contributed by atoms with Crippen LogP contribution in [-0.2, 0) is 11.2 Å². The van der Waals surface area contributed by atoms with Gasteiger partial charge in [0.15, 0.2) is 0 Å². The number of hydrogen-bond acceptors (Lipinski definition) is 4. The predicted molar refractivity (Wildman–Crippen MR) is 87.9 cm³/mol. The van der Waals surface area contributed by atoms with Crippen molar-refractivity contribution in [1.29, 1.82) is 0 Å². The van der Waals surface area contributed by atoms with Gasteiger partial charge in [-0.05, 0) is 42.2 Å². The van der Waals surface area contributed by atoms with E-state index in [1.54, 1.807) is 24.3 Å². The van der Waals surface area contributed by atoms with Crippen LogP contribution in [0.4, 0.5) is 5.69 Å². The number of carbonyl (C=O) groups excluding carboxylic acids is 1. The van der Waals surface area contributed by atoms with Gasteiger partial charge in [-0.15, -0.1) is 0 Å². The van der Waals surface area contributed by atoms with Gasteiger partial charge in [-0.1, -0.05) is 25.5 Å². The van der Waals surface area contributed by atoms with Crippen molar-refractivity contribution in [2.24, 2.45) is 0 Å². The van der Waals surface area contributed by atoms with Gasteiger partial charge in [-0.3, -0.25) is 0 Å². The number of rotatable bonds is 5. The minimum absolute atomic E-state index is 0.221. The lowest BCUT2D eigenvalue weighted by molar-refractivity contribution is 0.0601. The third-order valence-corrected chi connectivity index (χ3v) is 3.65. The first-order chi connectivity index (χ1) is 10.6. The molecule has 0 aliphatic rings. The Morgan fingerprint density at radius 2 is 2.05 bits per heavy atom. The van der Waals surface area contributed by atoms with Crippen LogP contribution in [0.3, 0.4) is 0 Å². The highest BCUT2D eigenvalue weighted by molar-refractivity contribution is 5.92. The SMILES string of the molecule is CCCCc1cc(-c2cccc(C(=O)OC)c2)c(N)cc1O. The summed E-state index contributed by atoms with van der Waals surface area (Å²) in [6, 6.07) is 10.6. The van der Waals surface area contributed by atoms with Crippen LogP contribution in [0.5, 0.6) is 5.75 Å². The second-order valence-electron chi connectivity index (χ2n) is 5.24. The molecule has 4 nitrogen and oxygen atoms in total. The number of aromatic hydroxyl groups is 1. The number of anilines is 1. The number of phenols is 1. The van der Waals surface area contributed by atoms with Gasteiger partial charge in [0.2, 0.25) is 0 Å². The van der Waals surface area contributed by atoms with E-state index in [9.17, 15) is 9.90 Å². The Bertz CT molecular complexity index is 680. The minimum Gasteiger partial charge on any atom is -0.508 e. The summed E-state index contributed by atoms with van der Waals surface area (Å²) in [6.45, 7) is 2.11. The summed E-state index contributed by atoms with van der Waals surface area (Å²) in [4.78, 5) is 11.7. The molecule has 0 aliphatic carbocycles. The summed E-state index contributed by atoms with van der Waals surface area (Å²) in [5.74, 6) is -0.163. The molecule has 0 aromatic heterocycles. The molecule has 0 saturated heterocycles. The number of hydrogen-bond donors (Lipinski definition) is 2. The third kappa shape index (κ3) is 3.39. The van der Waals surface area contributed by atoms with E-state index in [-0.39, 0.29) is 11.7 Å². The molecule has 2 aromatic carbocycles. The van der Waals surface area contributed by atoms with Gasteiger partial charge in [-0.25, -0.2) is 4.79 Å². The van der Waals surface area contributed by atoms with Gasteiger partial charge in [0.1, 0.15) is 5.75 Å². The molecule has 2 rings (SSSR count). The molecule has 4 heteroatoms. The average molecular weight is 299 g/mol. The zero-order valence-corrected chi connectivity index (χ0v) is 12.9. The van der Waals surface area contributed by atoms with Crippen molar-refractivity contribution >= 4 is 11.7 Å². The summed E-state index contributed by atoms with van der Waals surface area (Å²) in [5.41, 5.74) is 9.51. The smallest absolute Gasteiger partial charge is 0.337 e. The molecule has 0 aliphatic heterocycles. The molecular formula is C18H21NO3. The summed E-state index contributed by atoms with van der Waals surface area (Å²) in [5, 5.41) is 10.0.